The second-order valence-electron chi connectivity index (χ2n) is 5.11. The Morgan fingerprint density at radius 3 is 2.95 bits per heavy atom. The third-order valence-corrected chi connectivity index (χ3v) is 3.71. The quantitative estimate of drug-likeness (QED) is 0.896. The predicted molar refractivity (Wildman–Crippen MR) is 72.8 cm³/mol. The Morgan fingerprint density at radius 2 is 2.29 bits per heavy atom. The van der Waals surface area contributed by atoms with Crippen molar-refractivity contribution in [2.45, 2.75) is 12.0 Å². The van der Waals surface area contributed by atoms with Crippen molar-refractivity contribution in [1.82, 2.24) is 10.1 Å². The van der Waals surface area contributed by atoms with Crippen molar-refractivity contribution < 1.29 is 14.4 Å². The lowest BCUT2D eigenvalue weighted by molar-refractivity contribution is -0.144. The first-order chi connectivity index (χ1) is 10.0. The average molecular weight is 283 g/mol. The molecule has 1 amide bonds. The molecule has 1 fully saturated rings. The summed E-state index contributed by atoms with van der Waals surface area (Å²) in [7, 11) is 1.63. The molecule has 21 heavy (non-hydrogen) atoms. The summed E-state index contributed by atoms with van der Waals surface area (Å²) in [5, 5.41) is 23.3. The van der Waals surface area contributed by atoms with Gasteiger partial charge in [0.05, 0.1) is 11.6 Å². The van der Waals surface area contributed by atoms with Crippen molar-refractivity contribution in [3.63, 3.8) is 0 Å². The highest BCUT2D eigenvalue weighted by molar-refractivity contribution is 5.87. The van der Waals surface area contributed by atoms with Gasteiger partial charge in [0, 0.05) is 31.6 Å². The molecular weight excluding hydrogens is 270 g/mol. The Balaban J connectivity index is 1.97. The van der Waals surface area contributed by atoms with Crippen molar-refractivity contribution >= 4 is 5.91 Å². The normalized spacial score (nSPS) is 21.6. The first kappa shape index (κ1) is 13.3. The minimum absolute atomic E-state index is 0.134. The zero-order chi connectivity index (χ0) is 15.0. The lowest BCUT2D eigenvalue weighted by Crippen LogP contribution is -2.35. The van der Waals surface area contributed by atoms with E-state index in [2.05, 4.69) is 11.2 Å². The largest absolute Gasteiger partial charge is 0.373 e. The molecular formula is C15H13N3O3. The second kappa shape index (κ2) is 4.72. The van der Waals surface area contributed by atoms with Gasteiger partial charge in [-0.1, -0.05) is 17.3 Å². The summed E-state index contributed by atoms with van der Waals surface area (Å²) in [6.45, 7) is 0.468. The molecule has 1 aromatic carbocycles. The maximum absolute atomic E-state index is 12.0. The van der Waals surface area contributed by atoms with Crippen LogP contribution in [0.1, 0.15) is 17.7 Å². The second-order valence-corrected chi connectivity index (χ2v) is 5.11. The lowest BCUT2D eigenvalue weighted by atomic mass is 9.98. The van der Waals surface area contributed by atoms with Crippen molar-refractivity contribution in [2.24, 2.45) is 0 Å². The molecule has 1 N–H and O–H groups in total. The molecule has 0 aliphatic carbocycles. The van der Waals surface area contributed by atoms with Gasteiger partial charge in [-0.05, 0) is 12.1 Å². The van der Waals surface area contributed by atoms with Crippen LogP contribution in [-0.4, -0.2) is 34.7 Å². The number of aliphatic hydroxyl groups is 1. The molecule has 0 spiro atoms. The summed E-state index contributed by atoms with van der Waals surface area (Å²) in [5.41, 5.74) is 0.0455. The van der Waals surface area contributed by atoms with Gasteiger partial charge >= 0.3 is 0 Å². The Labute approximate surface area is 121 Å². The van der Waals surface area contributed by atoms with Crippen LogP contribution in [0, 0.1) is 11.3 Å². The molecule has 3 rings (SSSR count). The fourth-order valence-corrected chi connectivity index (χ4v) is 2.44. The summed E-state index contributed by atoms with van der Waals surface area (Å²) >= 11 is 0. The molecule has 1 aliphatic rings. The van der Waals surface area contributed by atoms with Crippen LogP contribution < -0.4 is 0 Å². The summed E-state index contributed by atoms with van der Waals surface area (Å²) < 4.78 is 5.17. The third kappa shape index (κ3) is 2.08. The lowest BCUT2D eigenvalue weighted by Gasteiger charge is -2.16. The highest BCUT2D eigenvalue weighted by Gasteiger charge is 2.48. The van der Waals surface area contributed by atoms with Crippen LogP contribution in [-0.2, 0) is 10.4 Å². The van der Waals surface area contributed by atoms with Crippen molar-refractivity contribution in [2.75, 3.05) is 13.6 Å². The Kier molecular flexibility index (Phi) is 3.00. The minimum Gasteiger partial charge on any atom is -0.373 e. The number of rotatable bonds is 2. The minimum atomic E-state index is -1.65. The van der Waals surface area contributed by atoms with E-state index in [0.717, 1.165) is 0 Å². The molecule has 6 nitrogen and oxygen atoms in total. The highest BCUT2D eigenvalue weighted by atomic mass is 16.5. The average Bonchev–Trinajstić information content (AvgIpc) is 3.10. The first-order valence-corrected chi connectivity index (χ1v) is 6.50. The van der Waals surface area contributed by atoms with Crippen molar-refractivity contribution in [3.05, 3.63) is 41.7 Å². The number of amides is 1. The third-order valence-electron chi connectivity index (χ3n) is 3.71. The number of hydrogen-bond acceptors (Lipinski definition) is 5. The summed E-state index contributed by atoms with van der Waals surface area (Å²) in [4.78, 5) is 13.5. The number of nitriles is 1. The SMILES string of the molecule is CN1CCC(O)(c2cc(-c3cccc(C#N)c3)no2)C1=O. The molecule has 1 unspecified atom stereocenters. The van der Waals surface area contributed by atoms with Crippen LogP contribution in [0.2, 0.25) is 0 Å². The topological polar surface area (TPSA) is 90.4 Å². The zero-order valence-electron chi connectivity index (χ0n) is 11.4. The maximum Gasteiger partial charge on any atom is 0.262 e. The Bertz CT molecular complexity index is 747. The van der Waals surface area contributed by atoms with Crippen LogP contribution in [0.4, 0.5) is 0 Å². The number of benzene rings is 1. The zero-order valence-corrected chi connectivity index (χ0v) is 11.4. The first-order valence-electron chi connectivity index (χ1n) is 6.50. The molecule has 1 aromatic heterocycles. The molecule has 0 saturated carbocycles. The van der Waals surface area contributed by atoms with Gasteiger partial charge < -0.3 is 14.5 Å². The Hall–Kier alpha value is -2.65. The number of aromatic nitrogens is 1. The van der Waals surface area contributed by atoms with Gasteiger partial charge in [0.15, 0.2) is 5.76 Å². The van der Waals surface area contributed by atoms with E-state index in [9.17, 15) is 9.90 Å². The summed E-state index contributed by atoms with van der Waals surface area (Å²) in [5.74, 6) is -0.259. The van der Waals surface area contributed by atoms with E-state index in [4.69, 9.17) is 9.78 Å². The van der Waals surface area contributed by atoms with Gasteiger partial charge in [0.1, 0.15) is 5.69 Å². The van der Waals surface area contributed by atoms with Crippen LogP contribution >= 0.6 is 0 Å². The number of nitrogens with zero attached hydrogens (tertiary/aromatic N) is 3. The van der Waals surface area contributed by atoms with E-state index in [-0.39, 0.29) is 12.2 Å². The smallest absolute Gasteiger partial charge is 0.262 e. The van der Waals surface area contributed by atoms with Crippen LogP contribution in [0.25, 0.3) is 11.3 Å². The molecule has 1 atom stereocenters. The van der Waals surface area contributed by atoms with E-state index in [1.807, 2.05) is 0 Å². The monoisotopic (exact) mass is 283 g/mol. The molecule has 2 heterocycles. The molecule has 0 radical (unpaired) electrons. The summed E-state index contributed by atoms with van der Waals surface area (Å²) in [6.07, 6.45) is 0.273. The Morgan fingerprint density at radius 1 is 1.48 bits per heavy atom. The van der Waals surface area contributed by atoms with Gasteiger partial charge in [-0.2, -0.15) is 5.26 Å². The molecule has 106 valence electrons. The van der Waals surface area contributed by atoms with E-state index in [0.29, 0.717) is 23.4 Å². The summed E-state index contributed by atoms with van der Waals surface area (Å²) in [6, 6.07) is 10.5. The van der Waals surface area contributed by atoms with Gasteiger partial charge in [-0.15, -0.1) is 0 Å². The number of likely N-dealkylation sites (N-methyl/N-ethyl adjacent to an activating group) is 1. The van der Waals surface area contributed by atoms with Gasteiger partial charge in [0.25, 0.3) is 5.91 Å². The standard InChI is InChI=1S/C15H13N3O3/c1-18-6-5-15(20,14(18)19)13-8-12(17-21-13)11-4-2-3-10(7-11)9-16/h2-4,7-8,20H,5-6H2,1H3. The molecule has 1 aliphatic heterocycles. The highest BCUT2D eigenvalue weighted by Crippen LogP contribution is 2.34. The molecule has 0 bridgehead atoms. The van der Waals surface area contributed by atoms with Crippen LogP contribution in [0.15, 0.2) is 34.9 Å². The van der Waals surface area contributed by atoms with Crippen LogP contribution in [0.3, 0.4) is 0 Å². The van der Waals surface area contributed by atoms with Gasteiger partial charge in [-0.3, -0.25) is 4.79 Å². The van der Waals surface area contributed by atoms with Crippen molar-refractivity contribution in [1.29, 1.82) is 5.26 Å². The van der Waals surface area contributed by atoms with Gasteiger partial charge in [0.2, 0.25) is 5.60 Å². The van der Waals surface area contributed by atoms with Crippen LogP contribution in [0.5, 0.6) is 0 Å². The van der Waals surface area contributed by atoms with Crippen molar-refractivity contribution in [3.8, 4) is 17.3 Å². The fraction of sp³-hybridized carbons (Fsp3) is 0.267. The number of hydrogen-bond donors (Lipinski definition) is 1. The number of likely N-dealkylation sites (tertiary alicyclic amines) is 1. The van der Waals surface area contributed by atoms with E-state index < -0.39 is 11.5 Å². The number of carbonyl (C=O) groups excluding carboxylic acids is 1. The molecule has 6 heteroatoms. The fourth-order valence-electron chi connectivity index (χ4n) is 2.44. The van der Waals surface area contributed by atoms with E-state index in [1.165, 1.54) is 4.90 Å². The molecule has 1 saturated heterocycles. The number of carbonyl (C=O) groups is 1. The maximum atomic E-state index is 12.0. The van der Waals surface area contributed by atoms with Gasteiger partial charge in [-0.25, -0.2) is 0 Å². The molecule has 2 aromatic rings. The predicted octanol–water partition coefficient (Wildman–Crippen LogP) is 1.26. The van der Waals surface area contributed by atoms with E-state index in [1.54, 1.807) is 37.4 Å². The van der Waals surface area contributed by atoms with E-state index >= 15 is 0 Å².